The first-order chi connectivity index (χ1) is 12.8. The fourth-order valence-electron chi connectivity index (χ4n) is 3.40. The summed E-state index contributed by atoms with van der Waals surface area (Å²) >= 11 is 3.86. The molecule has 0 aliphatic rings. The second-order valence-corrected chi connectivity index (χ2v) is 19.0. The quantitative estimate of drug-likeness (QED) is 0.0633. The van der Waals surface area contributed by atoms with Gasteiger partial charge in [0.05, 0.1) is 6.10 Å². The predicted molar refractivity (Wildman–Crippen MR) is 126 cm³/mol. The van der Waals surface area contributed by atoms with E-state index in [9.17, 15) is 4.79 Å². The largest absolute Gasteiger partial charge is 0.460 e. The first kappa shape index (κ1) is 26.9. The first-order valence-corrected chi connectivity index (χ1v) is 16.8. The molecule has 0 rings (SSSR count). The minimum Gasteiger partial charge on any atom is -0.460 e. The van der Waals surface area contributed by atoms with E-state index >= 15 is 0 Å². The zero-order valence-corrected chi connectivity index (χ0v) is 21.0. The van der Waals surface area contributed by atoms with Crippen molar-refractivity contribution in [3.8, 4) is 0 Å². The molecular formula is C23H45BrO2Si. The average molecular weight is 462 g/mol. The van der Waals surface area contributed by atoms with Gasteiger partial charge in [-0.05, 0) is 25.8 Å². The predicted octanol–water partition coefficient (Wildman–Crippen LogP) is 8.56. The molecule has 160 valence electrons. The Morgan fingerprint density at radius 1 is 0.852 bits per heavy atom. The molecule has 1 atom stereocenters. The van der Waals surface area contributed by atoms with E-state index in [1.54, 1.807) is 0 Å². The highest BCUT2D eigenvalue weighted by Gasteiger charge is 2.14. The molecule has 0 bridgehead atoms. The molecule has 0 saturated heterocycles. The molecule has 4 heteroatoms. The summed E-state index contributed by atoms with van der Waals surface area (Å²) in [7, 11) is 0. The van der Waals surface area contributed by atoms with Crippen molar-refractivity contribution in [2.24, 2.45) is 0 Å². The fourth-order valence-corrected chi connectivity index (χ4v) is 5.34. The van der Waals surface area contributed by atoms with Crippen molar-refractivity contribution in [2.45, 2.75) is 128 Å². The number of rotatable bonds is 19. The second-order valence-electron chi connectivity index (χ2n) is 8.66. The summed E-state index contributed by atoms with van der Waals surface area (Å²) in [5, 5.41) is 0. The molecule has 0 radical (unpaired) electrons. The number of carbonyl (C=O) groups excluding carboxylic acids is 1. The maximum Gasteiger partial charge on any atom is 0.330 e. The van der Waals surface area contributed by atoms with Crippen molar-refractivity contribution in [3.63, 3.8) is 0 Å². The Kier molecular flexibility index (Phi) is 17.9. The Balaban J connectivity index is 3.17. The Morgan fingerprint density at radius 2 is 1.22 bits per heavy atom. The van der Waals surface area contributed by atoms with Crippen molar-refractivity contribution in [1.29, 1.82) is 0 Å². The zero-order chi connectivity index (χ0) is 20.4. The van der Waals surface area contributed by atoms with Crippen LogP contribution in [0, 0.1) is 0 Å². The molecular weight excluding hydrogens is 416 g/mol. The topological polar surface area (TPSA) is 26.3 Å². The molecule has 0 aromatic rings. The minimum absolute atomic E-state index is 0.0218. The van der Waals surface area contributed by atoms with Crippen LogP contribution in [0.25, 0.3) is 0 Å². The molecule has 27 heavy (non-hydrogen) atoms. The molecule has 0 aromatic heterocycles. The molecule has 0 aliphatic carbocycles. The summed E-state index contributed by atoms with van der Waals surface area (Å²) < 4.78 is 5.17. The third-order valence-corrected chi connectivity index (χ3v) is 7.85. The average Bonchev–Trinajstić information content (AvgIpc) is 2.60. The van der Waals surface area contributed by atoms with Crippen molar-refractivity contribution >= 4 is 28.0 Å². The summed E-state index contributed by atoms with van der Waals surface area (Å²) in [5.74, 6) is -0.303. The standard InChI is InChI=1S/C23H45BrO2Si/c1-5-23(25)26-22(2)20-18-16-14-12-10-8-6-7-9-11-13-15-17-19-21-27(3,4)24/h5,22H,1,6-21H2,2-4H3. The van der Waals surface area contributed by atoms with Gasteiger partial charge in [0.2, 0.25) is 0 Å². The smallest absolute Gasteiger partial charge is 0.330 e. The van der Waals surface area contributed by atoms with Gasteiger partial charge in [-0.15, -0.1) is 15.3 Å². The van der Waals surface area contributed by atoms with Crippen LogP contribution in [0.1, 0.15) is 103 Å². The summed E-state index contributed by atoms with van der Waals surface area (Å²) in [6.45, 7) is 9.20. The van der Waals surface area contributed by atoms with Crippen molar-refractivity contribution in [1.82, 2.24) is 0 Å². The lowest BCUT2D eigenvalue weighted by atomic mass is 10.0. The molecule has 0 N–H and O–H groups in total. The second kappa shape index (κ2) is 18.0. The Labute approximate surface area is 178 Å². The van der Waals surface area contributed by atoms with Crippen molar-refractivity contribution < 1.29 is 9.53 Å². The van der Waals surface area contributed by atoms with E-state index < -0.39 is 6.69 Å². The van der Waals surface area contributed by atoms with E-state index in [1.165, 1.54) is 95.6 Å². The van der Waals surface area contributed by atoms with Gasteiger partial charge < -0.3 is 4.74 Å². The molecule has 2 nitrogen and oxygen atoms in total. The van der Waals surface area contributed by atoms with Gasteiger partial charge in [-0.1, -0.05) is 103 Å². The SMILES string of the molecule is C=CC(=O)OC(C)CCCCCCCCCCCCCCCC[Si](C)(C)Br. The summed E-state index contributed by atoms with van der Waals surface area (Å²) in [6.07, 6.45) is 21.5. The number of esters is 1. The monoisotopic (exact) mass is 460 g/mol. The molecule has 1 unspecified atom stereocenters. The van der Waals surface area contributed by atoms with Crippen LogP contribution in [0.15, 0.2) is 12.7 Å². The molecule has 0 fully saturated rings. The van der Waals surface area contributed by atoms with E-state index in [-0.39, 0.29) is 12.1 Å². The Hall–Kier alpha value is -0.0931. The maximum absolute atomic E-state index is 11.1. The summed E-state index contributed by atoms with van der Waals surface area (Å²) in [5.41, 5.74) is 0. The normalized spacial score (nSPS) is 12.7. The number of ether oxygens (including phenoxy) is 1. The number of unbranched alkanes of at least 4 members (excludes halogenated alkanes) is 13. The van der Waals surface area contributed by atoms with Crippen LogP contribution in [-0.2, 0) is 9.53 Å². The minimum atomic E-state index is -0.984. The van der Waals surface area contributed by atoms with Gasteiger partial charge in [0.15, 0.2) is 0 Å². The maximum atomic E-state index is 11.1. The van der Waals surface area contributed by atoms with Crippen LogP contribution in [0.2, 0.25) is 19.1 Å². The molecule has 0 heterocycles. The van der Waals surface area contributed by atoms with Crippen molar-refractivity contribution in [2.75, 3.05) is 0 Å². The lowest BCUT2D eigenvalue weighted by Gasteiger charge is -2.12. The van der Waals surface area contributed by atoms with Gasteiger partial charge in [-0.25, -0.2) is 4.79 Å². The highest BCUT2D eigenvalue weighted by molar-refractivity contribution is 9.26. The van der Waals surface area contributed by atoms with E-state index in [4.69, 9.17) is 4.74 Å². The van der Waals surface area contributed by atoms with Gasteiger partial charge in [-0.2, -0.15) is 0 Å². The summed E-state index contributed by atoms with van der Waals surface area (Å²) in [6, 6.07) is 1.43. The Morgan fingerprint density at radius 3 is 1.59 bits per heavy atom. The van der Waals surface area contributed by atoms with Gasteiger partial charge >= 0.3 is 5.97 Å². The third-order valence-electron chi connectivity index (χ3n) is 5.12. The number of halogens is 1. The van der Waals surface area contributed by atoms with E-state index in [0.717, 1.165) is 12.8 Å². The van der Waals surface area contributed by atoms with E-state index in [0.29, 0.717) is 0 Å². The van der Waals surface area contributed by atoms with Crippen LogP contribution >= 0.6 is 15.3 Å². The van der Waals surface area contributed by atoms with E-state index in [2.05, 4.69) is 35.0 Å². The van der Waals surface area contributed by atoms with Gasteiger partial charge in [0.25, 0.3) is 0 Å². The third kappa shape index (κ3) is 22.1. The number of carbonyl (C=O) groups is 1. The zero-order valence-electron chi connectivity index (χ0n) is 18.4. The number of hydrogen-bond donors (Lipinski definition) is 0. The van der Waals surface area contributed by atoms with Gasteiger partial charge in [0, 0.05) is 6.08 Å². The molecule has 0 saturated carbocycles. The first-order valence-electron chi connectivity index (χ1n) is 11.4. The Bertz CT molecular complexity index is 366. The van der Waals surface area contributed by atoms with Crippen LogP contribution in [0.4, 0.5) is 0 Å². The highest BCUT2D eigenvalue weighted by Crippen LogP contribution is 2.21. The molecule has 0 aromatic carbocycles. The van der Waals surface area contributed by atoms with Crippen LogP contribution in [0.5, 0.6) is 0 Å². The highest BCUT2D eigenvalue weighted by atomic mass is 79.9. The van der Waals surface area contributed by atoms with Crippen molar-refractivity contribution in [3.05, 3.63) is 12.7 Å². The molecule has 0 spiro atoms. The van der Waals surface area contributed by atoms with Gasteiger partial charge in [0.1, 0.15) is 6.69 Å². The summed E-state index contributed by atoms with van der Waals surface area (Å²) in [4.78, 5) is 11.1. The van der Waals surface area contributed by atoms with Crippen LogP contribution in [0.3, 0.4) is 0 Å². The van der Waals surface area contributed by atoms with Gasteiger partial charge in [-0.3, -0.25) is 0 Å². The van der Waals surface area contributed by atoms with Crippen LogP contribution in [-0.4, -0.2) is 18.8 Å². The van der Waals surface area contributed by atoms with Crippen LogP contribution < -0.4 is 0 Å². The molecule has 0 amide bonds. The lowest BCUT2D eigenvalue weighted by molar-refractivity contribution is -0.142. The van der Waals surface area contributed by atoms with E-state index in [1.807, 2.05) is 6.92 Å². The number of hydrogen-bond acceptors (Lipinski definition) is 2. The molecule has 0 aliphatic heterocycles. The fraction of sp³-hybridized carbons (Fsp3) is 0.870. The lowest BCUT2D eigenvalue weighted by Crippen LogP contribution is -2.13.